The third kappa shape index (κ3) is 4.74. The number of aliphatic hydroxyl groups is 1. The Hall–Kier alpha value is -2.23. The van der Waals surface area contributed by atoms with Crippen molar-refractivity contribution in [2.24, 2.45) is 5.41 Å². The van der Waals surface area contributed by atoms with E-state index in [9.17, 15) is 19.9 Å². The number of hydrogen-bond donors (Lipinski definition) is 3. The summed E-state index contributed by atoms with van der Waals surface area (Å²) in [5, 5.41) is 24.3. The Morgan fingerprint density at radius 3 is 2.67 bits per heavy atom. The summed E-state index contributed by atoms with van der Waals surface area (Å²) in [6.45, 7) is 1.61. The maximum atomic E-state index is 12.4. The standard InChI is InChI=1S/C20H21Cl2N3O5/c1-20(10-25(29)19(28)12-5-3-2-4-6-12)11-30-14(16(20)26)9-24-18(27)15-13(21)7-8-23-17(15)22/h2-8,14,16,26,29H,9-11H2,1H3,(H,24,27)/t14-,16-,20-/m1/s1. The Kier molecular flexibility index (Phi) is 6.95. The number of nitrogens with zero attached hydrogens (tertiary/aromatic N) is 2. The molecule has 0 unspecified atom stereocenters. The number of benzene rings is 1. The van der Waals surface area contributed by atoms with Gasteiger partial charge in [-0.2, -0.15) is 0 Å². The Labute approximate surface area is 183 Å². The molecule has 1 aromatic heterocycles. The van der Waals surface area contributed by atoms with Gasteiger partial charge < -0.3 is 15.2 Å². The van der Waals surface area contributed by atoms with Crippen LogP contribution in [-0.4, -0.2) is 64.1 Å². The molecule has 1 saturated heterocycles. The molecule has 3 rings (SSSR count). The molecule has 2 amide bonds. The number of carbonyl (C=O) groups is 2. The van der Waals surface area contributed by atoms with Crippen molar-refractivity contribution in [3.05, 3.63) is 63.9 Å². The van der Waals surface area contributed by atoms with Crippen molar-refractivity contribution < 1.29 is 24.6 Å². The smallest absolute Gasteiger partial charge is 0.277 e. The Morgan fingerprint density at radius 1 is 1.30 bits per heavy atom. The molecule has 10 heteroatoms. The summed E-state index contributed by atoms with van der Waals surface area (Å²) in [6, 6.07) is 9.76. The van der Waals surface area contributed by atoms with Crippen molar-refractivity contribution in [2.75, 3.05) is 19.7 Å². The lowest BCUT2D eigenvalue weighted by molar-refractivity contribution is -0.0940. The van der Waals surface area contributed by atoms with Crippen LogP contribution in [0.15, 0.2) is 42.6 Å². The van der Waals surface area contributed by atoms with Crippen LogP contribution in [0.2, 0.25) is 10.2 Å². The van der Waals surface area contributed by atoms with Crippen LogP contribution in [0.1, 0.15) is 27.6 Å². The highest BCUT2D eigenvalue weighted by molar-refractivity contribution is 6.38. The average Bonchev–Trinajstić information content (AvgIpc) is 3.00. The summed E-state index contributed by atoms with van der Waals surface area (Å²) in [7, 11) is 0. The molecule has 3 atom stereocenters. The highest BCUT2D eigenvalue weighted by Gasteiger charge is 2.47. The predicted molar refractivity (Wildman–Crippen MR) is 110 cm³/mol. The fraction of sp³-hybridized carbons (Fsp3) is 0.350. The molecule has 30 heavy (non-hydrogen) atoms. The first-order valence-electron chi connectivity index (χ1n) is 9.16. The lowest BCUT2D eigenvalue weighted by atomic mass is 9.84. The molecule has 3 N–H and O–H groups in total. The van der Waals surface area contributed by atoms with Crippen molar-refractivity contribution in [3.63, 3.8) is 0 Å². The molecule has 1 aliphatic rings. The van der Waals surface area contributed by atoms with Crippen LogP contribution in [-0.2, 0) is 4.74 Å². The first-order chi connectivity index (χ1) is 14.2. The largest absolute Gasteiger partial charge is 0.390 e. The predicted octanol–water partition coefficient (Wildman–Crippen LogP) is 2.42. The molecular formula is C20H21Cl2N3O5. The molecule has 0 spiro atoms. The van der Waals surface area contributed by atoms with Crippen LogP contribution in [0.25, 0.3) is 0 Å². The molecule has 0 saturated carbocycles. The van der Waals surface area contributed by atoms with Crippen LogP contribution in [0.4, 0.5) is 0 Å². The van der Waals surface area contributed by atoms with Crippen molar-refractivity contribution in [1.29, 1.82) is 0 Å². The molecule has 0 radical (unpaired) electrons. The fourth-order valence-corrected chi connectivity index (χ4v) is 3.80. The SMILES string of the molecule is C[C@@]1(CN(O)C(=O)c2ccccc2)CO[C@H](CNC(=O)c2c(Cl)ccnc2Cl)[C@H]1O. The average molecular weight is 454 g/mol. The second kappa shape index (κ2) is 9.28. The van der Waals surface area contributed by atoms with E-state index in [4.69, 9.17) is 27.9 Å². The lowest BCUT2D eigenvalue weighted by Crippen LogP contribution is -2.47. The van der Waals surface area contributed by atoms with Gasteiger partial charge in [0.25, 0.3) is 11.8 Å². The molecule has 2 aromatic rings. The van der Waals surface area contributed by atoms with Crippen molar-refractivity contribution >= 4 is 35.0 Å². The van der Waals surface area contributed by atoms with Gasteiger partial charge in [-0.15, -0.1) is 0 Å². The van der Waals surface area contributed by atoms with Crippen LogP contribution in [0, 0.1) is 5.41 Å². The quantitative estimate of drug-likeness (QED) is 0.351. The zero-order valence-corrected chi connectivity index (χ0v) is 17.6. The van der Waals surface area contributed by atoms with E-state index < -0.39 is 29.4 Å². The maximum Gasteiger partial charge on any atom is 0.277 e. The van der Waals surface area contributed by atoms with Gasteiger partial charge in [0.15, 0.2) is 0 Å². The molecule has 1 fully saturated rings. The number of carbonyl (C=O) groups excluding carboxylic acids is 2. The van der Waals surface area contributed by atoms with E-state index in [2.05, 4.69) is 10.3 Å². The number of halogens is 2. The number of ether oxygens (including phenoxy) is 1. The van der Waals surface area contributed by atoms with Crippen LogP contribution in [0.5, 0.6) is 0 Å². The van der Waals surface area contributed by atoms with Gasteiger partial charge in [-0.1, -0.05) is 48.3 Å². The third-order valence-electron chi connectivity index (χ3n) is 5.00. The monoisotopic (exact) mass is 453 g/mol. The van der Waals surface area contributed by atoms with Crippen molar-refractivity contribution in [2.45, 2.75) is 19.1 Å². The van der Waals surface area contributed by atoms with E-state index in [1.54, 1.807) is 37.3 Å². The Balaban J connectivity index is 1.60. The highest BCUT2D eigenvalue weighted by Crippen LogP contribution is 2.33. The minimum Gasteiger partial charge on any atom is -0.390 e. The van der Waals surface area contributed by atoms with Gasteiger partial charge >= 0.3 is 0 Å². The minimum absolute atomic E-state index is 0.0186. The molecule has 0 bridgehead atoms. The summed E-state index contributed by atoms with van der Waals surface area (Å²) in [5.41, 5.74) is -0.574. The number of aliphatic hydroxyl groups excluding tert-OH is 1. The topological polar surface area (TPSA) is 112 Å². The minimum atomic E-state index is -1.05. The van der Waals surface area contributed by atoms with Gasteiger partial charge in [0, 0.05) is 23.7 Å². The second-order valence-corrected chi connectivity index (χ2v) is 8.11. The summed E-state index contributed by atoms with van der Waals surface area (Å²) in [5.74, 6) is -1.13. The molecule has 8 nitrogen and oxygen atoms in total. The van der Waals surface area contributed by atoms with Gasteiger partial charge in [0.05, 0.1) is 29.8 Å². The first kappa shape index (κ1) is 22.5. The van der Waals surface area contributed by atoms with Gasteiger partial charge in [-0.25, -0.2) is 10.0 Å². The van der Waals surface area contributed by atoms with Crippen molar-refractivity contribution in [1.82, 2.24) is 15.4 Å². The second-order valence-electron chi connectivity index (χ2n) is 7.35. The number of aromatic nitrogens is 1. The highest BCUT2D eigenvalue weighted by atomic mass is 35.5. The molecule has 0 aliphatic carbocycles. The van der Waals surface area contributed by atoms with E-state index >= 15 is 0 Å². The van der Waals surface area contributed by atoms with Gasteiger partial charge in [-0.05, 0) is 18.2 Å². The number of rotatable bonds is 6. The van der Waals surface area contributed by atoms with Crippen LogP contribution >= 0.6 is 23.2 Å². The van der Waals surface area contributed by atoms with Gasteiger partial charge in [0.1, 0.15) is 11.3 Å². The molecule has 2 heterocycles. The fourth-order valence-electron chi connectivity index (χ4n) is 3.27. The van der Waals surface area contributed by atoms with Crippen LogP contribution < -0.4 is 5.32 Å². The third-order valence-corrected chi connectivity index (χ3v) is 5.61. The van der Waals surface area contributed by atoms with E-state index in [-0.39, 0.29) is 35.4 Å². The molecular weight excluding hydrogens is 433 g/mol. The number of hydroxylamine groups is 2. The first-order valence-corrected chi connectivity index (χ1v) is 9.92. The Morgan fingerprint density at radius 2 is 2.00 bits per heavy atom. The number of amides is 2. The van der Waals surface area contributed by atoms with E-state index in [1.165, 1.54) is 12.3 Å². The van der Waals surface area contributed by atoms with Gasteiger partial charge in [-0.3, -0.25) is 14.8 Å². The van der Waals surface area contributed by atoms with E-state index in [1.807, 2.05) is 0 Å². The van der Waals surface area contributed by atoms with E-state index in [0.29, 0.717) is 10.6 Å². The van der Waals surface area contributed by atoms with Crippen LogP contribution in [0.3, 0.4) is 0 Å². The zero-order chi connectivity index (χ0) is 21.9. The van der Waals surface area contributed by atoms with Crippen molar-refractivity contribution in [3.8, 4) is 0 Å². The number of nitrogens with one attached hydrogen (secondary N) is 1. The zero-order valence-electron chi connectivity index (χ0n) is 16.1. The number of hydrogen-bond acceptors (Lipinski definition) is 6. The van der Waals surface area contributed by atoms with Gasteiger partial charge in [0.2, 0.25) is 0 Å². The summed E-state index contributed by atoms with van der Waals surface area (Å²) < 4.78 is 5.62. The molecule has 160 valence electrons. The van der Waals surface area contributed by atoms with E-state index in [0.717, 1.165) is 0 Å². The maximum absolute atomic E-state index is 12.4. The summed E-state index contributed by atoms with van der Waals surface area (Å²) >= 11 is 11.9. The normalized spacial score (nSPS) is 23.2. The number of pyridine rings is 1. The Bertz CT molecular complexity index is 910. The summed E-state index contributed by atoms with van der Waals surface area (Å²) in [4.78, 5) is 28.6. The molecule has 1 aromatic carbocycles. The lowest BCUT2D eigenvalue weighted by Gasteiger charge is -2.31. The molecule has 1 aliphatic heterocycles. The summed E-state index contributed by atoms with van der Waals surface area (Å²) in [6.07, 6.45) is -0.405.